The van der Waals surface area contributed by atoms with Gasteiger partial charge in [-0.3, -0.25) is 24.1 Å². The second-order valence-electron chi connectivity index (χ2n) is 10.4. The van der Waals surface area contributed by atoms with Gasteiger partial charge in [-0.1, -0.05) is 38.1 Å². The zero-order valence-corrected chi connectivity index (χ0v) is 25.9. The molecule has 0 spiro atoms. The number of benzene rings is 3. The highest BCUT2D eigenvalue weighted by atomic mass is 32.2. The number of nitrogens with zero attached hydrogens (tertiary/aromatic N) is 1. The van der Waals surface area contributed by atoms with Gasteiger partial charge in [0.05, 0.1) is 11.5 Å². The van der Waals surface area contributed by atoms with Gasteiger partial charge in [-0.05, 0) is 72.1 Å². The van der Waals surface area contributed by atoms with Gasteiger partial charge < -0.3 is 29.6 Å². The smallest absolute Gasteiger partial charge is 0.294 e. The summed E-state index contributed by atoms with van der Waals surface area (Å²) in [4.78, 5) is 52.1. The fourth-order valence-electron chi connectivity index (χ4n) is 4.70. The van der Waals surface area contributed by atoms with Crippen LogP contribution in [-0.2, 0) is 14.4 Å². The summed E-state index contributed by atoms with van der Waals surface area (Å²) >= 11 is 0.742. The zero-order chi connectivity index (χ0) is 31.9. The maximum atomic E-state index is 13.1. The summed E-state index contributed by atoms with van der Waals surface area (Å²) in [7, 11) is 0. The fourth-order valence-corrected chi connectivity index (χ4v) is 5.54. The van der Waals surface area contributed by atoms with Crippen molar-refractivity contribution in [1.29, 1.82) is 0 Å². The van der Waals surface area contributed by atoms with Gasteiger partial charge in [0.1, 0.15) is 19.8 Å². The Labute approximate surface area is 264 Å². The maximum Gasteiger partial charge on any atom is 0.294 e. The van der Waals surface area contributed by atoms with Crippen LogP contribution >= 0.6 is 11.8 Å². The highest BCUT2D eigenvalue weighted by Gasteiger charge is 2.36. The molecule has 0 aliphatic carbocycles. The minimum atomic E-state index is -0.584. The molecular weight excluding hydrogens is 598 g/mol. The van der Waals surface area contributed by atoms with E-state index in [1.54, 1.807) is 42.5 Å². The minimum absolute atomic E-state index is 0.159. The number of carbonyl (C=O) groups is 4. The molecule has 0 atom stereocenters. The van der Waals surface area contributed by atoms with Crippen LogP contribution in [0.1, 0.15) is 37.8 Å². The van der Waals surface area contributed by atoms with Crippen molar-refractivity contribution in [2.75, 3.05) is 43.6 Å². The number of hydrogen-bond acceptors (Lipinski definition) is 9. The van der Waals surface area contributed by atoms with Crippen LogP contribution in [0.4, 0.5) is 16.2 Å². The number of carbonyl (C=O) groups excluding carboxylic acids is 4. The zero-order valence-electron chi connectivity index (χ0n) is 25.1. The largest absolute Gasteiger partial charge is 0.490 e. The van der Waals surface area contributed by atoms with Gasteiger partial charge in [0.15, 0.2) is 29.6 Å². The third-order valence-electron chi connectivity index (χ3n) is 6.78. The van der Waals surface area contributed by atoms with Gasteiger partial charge in [0.2, 0.25) is 5.91 Å². The third-order valence-corrected chi connectivity index (χ3v) is 7.69. The number of imide groups is 1. The monoisotopic (exact) mass is 631 g/mol. The molecule has 3 aromatic carbocycles. The standard InChI is InChI=1S/C33H33N3O8S/c1-4-41-27-15-21(9-11-26(27)44-19-31(38)35-24-8-6-5-7-23(24)20(2)3)16-29-32(39)36(33(40)45-29)18-30(37)34-22-10-12-25-28(17-22)43-14-13-42-25/h5-12,15-17,20H,4,13-14,18-19H2,1-3H3,(H,34,37)(H,35,38)/b29-16+. The van der Waals surface area contributed by atoms with Gasteiger partial charge in [0.25, 0.3) is 17.1 Å². The lowest BCUT2D eigenvalue weighted by molar-refractivity contribution is -0.127. The van der Waals surface area contributed by atoms with E-state index < -0.39 is 23.6 Å². The van der Waals surface area contributed by atoms with Crippen LogP contribution in [0, 0.1) is 0 Å². The third kappa shape index (κ3) is 7.76. The first-order valence-corrected chi connectivity index (χ1v) is 15.3. The number of anilines is 2. The second-order valence-corrected chi connectivity index (χ2v) is 11.4. The van der Waals surface area contributed by atoms with E-state index >= 15 is 0 Å². The van der Waals surface area contributed by atoms with Crippen LogP contribution in [0.25, 0.3) is 6.08 Å². The molecule has 234 valence electrons. The Bertz CT molecular complexity index is 1650. The average Bonchev–Trinajstić information content (AvgIpc) is 3.28. The Balaban J connectivity index is 1.21. The molecule has 2 heterocycles. The predicted octanol–water partition coefficient (Wildman–Crippen LogP) is 5.67. The molecule has 3 aromatic rings. The number of amides is 4. The Kier molecular flexibility index (Phi) is 9.93. The summed E-state index contributed by atoms with van der Waals surface area (Å²) in [5.74, 6) is 0.615. The van der Waals surface area contributed by atoms with Crippen LogP contribution in [0.3, 0.4) is 0 Å². The second kappa shape index (κ2) is 14.2. The number of ether oxygens (including phenoxy) is 4. The molecule has 2 aliphatic heterocycles. The molecule has 0 radical (unpaired) electrons. The van der Waals surface area contributed by atoms with E-state index in [0.29, 0.717) is 54.1 Å². The number of hydrogen-bond donors (Lipinski definition) is 2. The lowest BCUT2D eigenvalue weighted by Gasteiger charge is -2.19. The first-order valence-electron chi connectivity index (χ1n) is 14.4. The van der Waals surface area contributed by atoms with Crippen molar-refractivity contribution in [1.82, 2.24) is 4.90 Å². The van der Waals surface area contributed by atoms with E-state index in [1.807, 2.05) is 31.2 Å². The molecule has 0 aromatic heterocycles. The molecule has 0 bridgehead atoms. The van der Waals surface area contributed by atoms with Gasteiger partial charge in [-0.15, -0.1) is 0 Å². The van der Waals surface area contributed by atoms with Gasteiger partial charge in [0, 0.05) is 17.4 Å². The molecule has 2 aliphatic rings. The average molecular weight is 632 g/mol. The van der Waals surface area contributed by atoms with Gasteiger partial charge >= 0.3 is 0 Å². The molecule has 11 nitrogen and oxygen atoms in total. The van der Waals surface area contributed by atoms with Gasteiger partial charge in [-0.25, -0.2) is 0 Å². The molecule has 45 heavy (non-hydrogen) atoms. The Morgan fingerprint density at radius 1 is 0.933 bits per heavy atom. The summed E-state index contributed by atoms with van der Waals surface area (Å²) in [5, 5.41) is 5.02. The molecule has 0 unspecified atom stereocenters. The first kappa shape index (κ1) is 31.5. The summed E-state index contributed by atoms with van der Waals surface area (Å²) in [6.45, 7) is 6.42. The van der Waals surface area contributed by atoms with E-state index in [4.69, 9.17) is 18.9 Å². The lowest BCUT2D eigenvalue weighted by atomic mass is 10.0. The van der Waals surface area contributed by atoms with E-state index in [9.17, 15) is 19.2 Å². The van der Waals surface area contributed by atoms with Gasteiger partial charge in [-0.2, -0.15) is 0 Å². The van der Waals surface area contributed by atoms with Crippen LogP contribution in [0.5, 0.6) is 23.0 Å². The maximum absolute atomic E-state index is 13.1. The normalized spacial score (nSPS) is 14.9. The summed E-state index contributed by atoms with van der Waals surface area (Å²) in [6, 6.07) is 17.6. The van der Waals surface area contributed by atoms with E-state index in [0.717, 1.165) is 27.9 Å². The van der Waals surface area contributed by atoms with Crippen molar-refractivity contribution < 1.29 is 38.1 Å². The SMILES string of the molecule is CCOc1cc(/C=C2/SC(=O)N(CC(=O)Nc3ccc4c(c3)OCCO4)C2=O)ccc1OCC(=O)Nc1ccccc1C(C)C. The number of rotatable bonds is 11. The lowest BCUT2D eigenvalue weighted by Crippen LogP contribution is -2.36. The van der Waals surface area contributed by atoms with Crippen LogP contribution in [0.2, 0.25) is 0 Å². The summed E-state index contributed by atoms with van der Waals surface area (Å²) in [6.07, 6.45) is 1.55. The van der Waals surface area contributed by atoms with Crippen LogP contribution in [0.15, 0.2) is 65.6 Å². The van der Waals surface area contributed by atoms with Crippen molar-refractivity contribution in [3.63, 3.8) is 0 Å². The number of thioether (sulfide) groups is 1. The van der Waals surface area contributed by atoms with Crippen molar-refractivity contribution in [3.8, 4) is 23.0 Å². The minimum Gasteiger partial charge on any atom is -0.490 e. The number of para-hydroxylation sites is 1. The summed E-state index contributed by atoms with van der Waals surface area (Å²) < 4.78 is 22.5. The fraction of sp³-hybridized carbons (Fsp3) is 0.273. The van der Waals surface area contributed by atoms with Crippen molar-refractivity contribution in [3.05, 3.63) is 76.7 Å². The molecule has 0 saturated carbocycles. The van der Waals surface area contributed by atoms with Crippen molar-refractivity contribution in [2.45, 2.75) is 26.7 Å². The van der Waals surface area contributed by atoms with E-state index in [1.165, 1.54) is 0 Å². The summed E-state index contributed by atoms with van der Waals surface area (Å²) in [5.41, 5.74) is 2.79. The Morgan fingerprint density at radius 2 is 1.71 bits per heavy atom. The predicted molar refractivity (Wildman–Crippen MR) is 171 cm³/mol. The molecule has 1 fully saturated rings. The van der Waals surface area contributed by atoms with Crippen LogP contribution < -0.4 is 29.6 Å². The highest BCUT2D eigenvalue weighted by Crippen LogP contribution is 2.36. The van der Waals surface area contributed by atoms with Crippen LogP contribution in [-0.4, -0.2) is 60.8 Å². The number of fused-ring (bicyclic) bond motifs is 1. The molecule has 2 N–H and O–H groups in total. The topological polar surface area (TPSA) is 133 Å². The molecule has 4 amide bonds. The Hall–Kier alpha value is -4.97. The highest BCUT2D eigenvalue weighted by molar-refractivity contribution is 8.18. The van der Waals surface area contributed by atoms with E-state index in [-0.39, 0.29) is 23.3 Å². The van der Waals surface area contributed by atoms with Crippen molar-refractivity contribution >= 4 is 52.2 Å². The number of nitrogens with one attached hydrogen (secondary N) is 2. The van der Waals surface area contributed by atoms with Crippen molar-refractivity contribution in [2.24, 2.45) is 0 Å². The Morgan fingerprint density at radius 3 is 2.49 bits per heavy atom. The molecule has 5 rings (SSSR count). The first-order chi connectivity index (χ1) is 21.7. The molecule has 1 saturated heterocycles. The quantitative estimate of drug-likeness (QED) is 0.257. The molecule has 12 heteroatoms. The van der Waals surface area contributed by atoms with E-state index in [2.05, 4.69) is 24.5 Å². The molecular formula is C33H33N3O8S.